The molecule has 0 heterocycles. The van der Waals surface area contributed by atoms with Crippen molar-refractivity contribution in [2.45, 2.75) is 13.8 Å². The summed E-state index contributed by atoms with van der Waals surface area (Å²) in [5.74, 6) is 0.975. The van der Waals surface area contributed by atoms with E-state index in [1.54, 1.807) is 7.11 Å². The quantitative estimate of drug-likeness (QED) is 0.707. The molecular weight excluding hydrogens is 251 g/mol. The molecule has 60 valence electrons. The predicted molar refractivity (Wildman–Crippen MR) is 55.2 cm³/mol. The van der Waals surface area contributed by atoms with E-state index < -0.39 is 0 Å². The van der Waals surface area contributed by atoms with Crippen molar-refractivity contribution in [3.63, 3.8) is 0 Å². The fourth-order valence-electron chi connectivity index (χ4n) is 1.06. The van der Waals surface area contributed by atoms with Gasteiger partial charge in [0.15, 0.2) is 0 Å². The highest BCUT2D eigenvalue weighted by Gasteiger charge is 2.02. The van der Waals surface area contributed by atoms with Gasteiger partial charge in [0.25, 0.3) is 0 Å². The Labute approximate surface area is 80.9 Å². The molecule has 0 aliphatic heterocycles. The van der Waals surface area contributed by atoms with Gasteiger partial charge in [-0.1, -0.05) is 6.07 Å². The lowest BCUT2D eigenvalue weighted by Gasteiger charge is -2.06. The maximum absolute atomic E-state index is 5.20. The zero-order valence-electron chi connectivity index (χ0n) is 6.94. The van der Waals surface area contributed by atoms with Crippen molar-refractivity contribution >= 4 is 22.6 Å². The maximum atomic E-state index is 5.20. The number of halogens is 1. The monoisotopic (exact) mass is 262 g/mol. The molecule has 0 atom stereocenters. The molecule has 0 fully saturated rings. The van der Waals surface area contributed by atoms with Crippen molar-refractivity contribution in [3.8, 4) is 5.75 Å². The summed E-state index contributed by atoms with van der Waals surface area (Å²) in [7, 11) is 1.70. The van der Waals surface area contributed by atoms with Crippen LogP contribution in [0.2, 0.25) is 0 Å². The number of hydrogen-bond acceptors (Lipinski definition) is 1. The number of aryl methyl sites for hydroxylation is 2. The zero-order chi connectivity index (χ0) is 8.43. The number of ether oxygens (including phenoxy) is 1. The van der Waals surface area contributed by atoms with Crippen molar-refractivity contribution in [1.82, 2.24) is 0 Å². The van der Waals surface area contributed by atoms with Gasteiger partial charge in [-0.15, -0.1) is 0 Å². The molecule has 1 aromatic carbocycles. The molecule has 0 aliphatic rings. The van der Waals surface area contributed by atoms with Crippen LogP contribution in [0.5, 0.6) is 5.75 Å². The van der Waals surface area contributed by atoms with Crippen LogP contribution in [0.3, 0.4) is 0 Å². The molecule has 1 aromatic rings. The highest BCUT2D eigenvalue weighted by Crippen LogP contribution is 2.25. The third-order valence-corrected chi connectivity index (χ3v) is 2.97. The van der Waals surface area contributed by atoms with Gasteiger partial charge < -0.3 is 4.74 Å². The molecule has 0 bridgehead atoms. The van der Waals surface area contributed by atoms with Gasteiger partial charge in [-0.2, -0.15) is 0 Å². The van der Waals surface area contributed by atoms with Gasteiger partial charge >= 0.3 is 0 Å². The van der Waals surface area contributed by atoms with Crippen LogP contribution in [0, 0.1) is 17.4 Å². The van der Waals surface area contributed by atoms with Gasteiger partial charge in [0.05, 0.1) is 10.7 Å². The number of rotatable bonds is 1. The van der Waals surface area contributed by atoms with Crippen LogP contribution >= 0.6 is 22.6 Å². The number of benzene rings is 1. The van der Waals surface area contributed by atoms with E-state index in [4.69, 9.17) is 4.74 Å². The molecule has 1 nitrogen and oxygen atoms in total. The Morgan fingerprint density at radius 1 is 1.27 bits per heavy atom. The summed E-state index contributed by atoms with van der Waals surface area (Å²) in [6, 6.07) is 4.21. The molecule has 11 heavy (non-hydrogen) atoms. The van der Waals surface area contributed by atoms with E-state index in [1.165, 1.54) is 14.7 Å². The molecule has 0 radical (unpaired) electrons. The first kappa shape index (κ1) is 8.84. The molecular formula is C9H11IO. The minimum Gasteiger partial charge on any atom is -0.496 e. The minimum atomic E-state index is 0.975. The van der Waals surface area contributed by atoms with Crippen LogP contribution in [0.4, 0.5) is 0 Å². The molecule has 0 unspecified atom stereocenters. The van der Waals surface area contributed by atoms with Gasteiger partial charge in [0.2, 0.25) is 0 Å². The highest BCUT2D eigenvalue weighted by molar-refractivity contribution is 14.1. The summed E-state index contributed by atoms with van der Waals surface area (Å²) < 4.78 is 6.40. The third kappa shape index (κ3) is 1.86. The Bertz CT molecular complexity index is 269. The van der Waals surface area contributed by atoms with E-state index in [9.17, 15) is 0 Å². The van der Waals surface area contributed by atoms with Crippen LogP contribution in [0.15, 0.2) is 12.1 Å². The van der Waals surface area contributed by atoms with Crippen molar-refractivity contribution < 1.29 is 4.74 Å². The molecule has 1 rings (SSSR count). The largest absolute Gasteiger partial charge is 0.496 e. The van der Waals surface area contributed by atoms with Crippen LogP contribution in [-0.2, 0) is 0 Å². The minimum absolute atomic E-state index is 0.975. The molecule has 0 aliphatic carbocycles. The van der Waals surface area contributed by atoms with E-state index in [0.29, 0.717) is 0 Å². The lowest BCUT2D eigenvalue weighted by Crippen LogP contribution is -1.90. The van der Waals surface area contributed by atoms with Crippen LogP contribution in [0.1, 0.15) is 11.1 Å². The molecule has 0 saturated carbocycles. The van der Waals surface area contributed by atoms with Crippen LogP contribution < -0.4 is 4.74 Å². The average Bonchev–Trinajstić information content (AvgIpc) is 1.96. The molecule has 0 amide bonds. The molecule has 0 saturated heterocycles. The van der Waals surface area contributed by atoms with Crippen LogP contribution in [0.25, 0.3) is 0 Å². The van der Waals surface area contributed by atoms with Gasteiger partial charge in [-0.25, -0.2) is 0 Å². The first-order valence-corrected chi connectivity index (χ1v) is 4.53. The summed E-state index contributed by atoms with van der Waals surface area (Å²) in [6.07, 6.45) is 0. The lowest BCUT2D eigenvalue weighted by molar-refractivity contribution is 0.411. The Hall–Kier alpha value is -0.250. The first-order chi connectivity index (χ1) is 5.15. The first-order valence-electron chi connectivity index (χ1n) is 3.46. The predicted octanol–water partition coefficient (Wildman–Crippen LogP) is 2.92. The molecule has 0 N–H and O–H groups in total. The van der Waals surface area contributed by atoms with Crippen molar-refractivity contribution in [2.75, 3.05) is 7.11 Å². The van der Waals surface area contributed by atoms with E-state index in [-0.39, 0.29) is 0 Å². The van der Waals surface area contributed by atoms with Crippen molar-refractivity contribution in [3.05, 3.63) is 26.8 Å². The fraction of sp³-hybridized carbons (Fsp3) is 0.333. The van der Waals surface area contributed by atoms with Gasteiger partial charge in [0, 0.05) is 0 Å². The lowest BCUT2D eigenvalue weighted by atomic mass is 10.1. The fourth-order valence-corrected chi connectivity index (χ4v) is 1.59. The number of hydrogen-bond donors (Lipinski definition) is 0. The van der Waals surface area contributed by atoms with Gasteiger partial charge in [0.1, 0.15) is 5.75 Å². The topological polar surface area (TPSA) is 9.23 Å². The summed E-state index contributed by atoms with van der Waals surface area (Å²) in [6.45, 7) is 4.17. The third-order valence-electron chi connectivity index (χ3n) is 1.59. The Kier molecular flexibility index (Phi) is 2.76. The van der Waals surface area contributed by atoms with Gasteiger partial charge in [-0.05, 0) is 53.6 Å². The Morgan fingerprint density at radius 2 is 1.91 bits per heavy atom. The average molecular weight is 262 g/mol. The standard InChI is InChI=1S/C9H11IO/c1-6-4-7(2)9(10)8(5-6)11-3/h4-5H,1-3H3. The molecule has 2 heteroatoms. The van der Waals surface area contributed by atoms with E-state index in [0.717, 1.165) is 5.75 Å². The highest BCUT2D eigenvalue weighted by atomic mass is 127. The summed E-state index contributed by atoms with van der Waals surface area (Å²) in [5.41, 5.74) is 2.53. The molecule has 0 spiro atoms. The second-order valence-electron chi connectivity index (χ2n) is 2.60. The summed E-state index contributed by atoms with van der Waals surface area (Å²) in [4.78, 5) is 0. The summed E-state index contributed by atoms with van der Waals surface area (Å²) >= 11 is 2.30. The molecule has 0 aromatic heterocycles. The zero-order valence-corrected chi connectivity index (χ0v) is 9.10. The normalized spacial score (nSPS) is 9.82. The van der Waals surface area contributed by atoms with E-state index >= 15 is 0 Å². The summed E-state index contributed by atoms with van der Waals surface area (Å²) in [5, 5.41) is 0. The maximum Gasteiger partial charge on any atom is 0.132 e. The van der Waals surface area contributed by atoms with E-state index in [2.05, 4.69) is 48.6 Å². The van der Waals surface area contributed by atoms with Crippen molar-refractivity contribution in [1.29, 1.82) is 0 Å². The van der Waals surface area contributed by atoms with Crippen LogP contribution in [-0.4, -0.2) is 7.11 Å². The number of methoxy groups -OCH3 is 1. The second-order valence-corrected chi connectivity index (χ2v) is 3.68. The van der Waals surface area contributed by atoms with Gasteiger partial charge in [-0.3, -0.25) is 0 Å². The Morgan fingerprint density at radius 3 is 2.45 bits per heavy atom. The van der Waals surface area contributed by atoms with Crippen molar-refractivity contribution in [2.24, 2.45) is 0 Å². The second kappa shape index (κ2) is 3.43. The Balaban J connectivity index is 3.24. The SMILES string of the molecule is COc1cc(C)cc(C)c1I. The van der Waals surface area contributed by atoms with E-state index in [1.807, 2.05) is 0 Å². The smallest absolute Gasteiger partial charge is 0.132 e.